The van der Waals surface area contributed by atoms with E-state index in [1.54, 1.807) is 49.6 Å². The highest BCUT2D eigenvalue weighted by Crippen LogP contribution is 2.51. The average Bonchev–Trinajstić information content (AvgIpc) is 2.87. The van der Waals surface area contributed by atoms with Gasteiger partial charge in [-0.25, -0.2) is 4.98 Å². The van der Waals surface area contributed by atoms with E-state index in [9.17, 15) is 0 Å². The number of pyridine rings is 3. The molecule has 8 heteroatoms. The summed E-state index contributed by atoms with van der Waals surface area (Å²) in [6, 6.07) is 12.9. The lowest BCUT2D eigenvalue weighted by atomic mass is 9.86. The van der Waals surface area contributed by atoms with Crippen LogP contribution in [-0.2, 0) is 0 Å². The summed E-state index contributed by atoms with van der Waals surface area (Å²) < 4.78 is 0. The first-order valence-corrected chi connectivity index (χ1v) is 10.6. The molecular formula is C24H16Cl2N6. The summed E-state index contributed by atoms with van der Waals surface area (Å²) in [5.74, 6) is 0.642. The number of hydrogen-bond acceptors (Lipinski definition) is 6. The van der Waals surface area contributed by atoms with Crippen molar-refractivity contribution in [3.63, 3.8) is 0 Å². The van der Waals surface area contributed by atoms with Crippen LogP contribution in [-0.4, -0.2) is 24.9 Å². The van der Waals surface area contributed by atoms with Crippen molar-refractivity contribution in [3.8, 4) is 0 Å². The molecule has 0 aliphatic carbocycles. The fraction of sp³-hybridized carbons (Fsp3) is 0.0417. The molecule has 0 radical (unpaired) electrons. The smallest absolute Gasteiger partial charge is 0.134 e. The number of rotatable bonds is 4. The van der Waals surface area contributed by atoms with Crippen molar-refractivity contribution < 1.29 is 0 Å². The van der Waals surface area contributed by atoms with E-state index < -0.39 is 6.04 Å². The molecule has 4 aromatic heterocycles. The Kier molecular flexibility index (Phi) is 5.62. The molecule has 0 N–H and O–H groups in total. The monoisotopic (exact) mass is 458 g/mol. The number of hydrogen-bond donors (Lipinski definition) is 0. The van der Waals surface area contributed by atoms with Crippen molar-refractivity contribution in [2.45, 2.75) is 6.04 Å². The van der Waals surface area contributed by atoms with E-state index in [0.717, 1.165) is 22.3 Å². The Morgan fingerprint density at radius 2 is 1.53 bits per heavy atom. The zero-order valence-electron chi connectivity index (χ0n) is 16.7. The van der Waals surface area contributed by atoms with Crippen LogP contribution in [0, 0.1) is 0 Å². The molecule has 0 fully saturated rings. The minimum absolute atomic E-state index is 0.345. The molecule has 0 amide bonds. The summed E-state index contributed by atoms with van der Waals surface area (Å²) in [6.07, 6.45) is 13.7. The molecule has 32 heavy (non-hydrogen) atoms. The first-order chi connectivity index (χ1) is 15.8. The van der Waals surface area contributed by atoms with Gasteiger partial charge in [-0.3, -0.25) is 19.9 Å². The first-order valence-electron chi connectivity index (χ1n) is 9.82. The minimum atomic E-state index is -0.439. The molecule has 0 bridgehead atoms. The molecule has 1 aliphatic rings. The summed E-state index contributed by atoms with van der Waals surface area (Å²) in [6.45, 7) is 0. The molecule has 1 unspecified atom stereocenters. The van der Waals surface area contributed by atoms with E-state index in [4.69, 9.17) is 23.2 Å². The van der Waals surface area contributed by atoms with E-state index in [1.165, 1.54) is 0 Å². The van der Waals surface area contributed by atoms with Gasteiger partial charge in [-0.05, 0) is 41.5 Å². The second-order valence-electron chi connectivity index (χ2n) is 6.96. The van der Waals surface area contributed by atoms with Crippen LogP contribution in [0.5, 0.6) is 0 Å². The molecule has 0 saturated carbocycles. The lowest BCUT2D eigenvalue weighted by molar-refractivity contribution is 0.789. The highest BCUT2D eigenvalue weighted by atomic mass is 35.5. The van der Waals surface area contributed by atoms with Crippen LogP contribution in [0.4, 0.5) is 5.82 Å². The van der Waals surface area contributed by atoms with Crippen molar-refractivity contribution in [1.82, 2.24) is 24.9 Å². The second kappa shape index (κ2) is 8.86. The van der Waals surface area contributed by atoms with Crippen LogP contribution in [0.1, 0.15) is 22.9 Å². The van der Waals surface area contributed by atoms with Crippen LogP contribution < -0.4 is 4.90 Å². The van der Waals surface area contributed by atoms with E-state index in [1.807, 2.05) is 47.4 Å². The summed E-state index contributed by atoms with van der Waals surface area (Å²) in [5, 5.41) is 0.745. The Morgan fingerprint density at radius 1 is 0.688 bits per heavy atom. The topological polar surface area (TPSA) is 67.7 Å². The number of allylic oxidation sites excluding steroid dienone is 2. The molecule has 4 aromatic rings. The van der Waals surface area contributed by atoms with Gasteiger partial charge in [0.1, 0.15) is 17.0 Å². The van der Waals surface area contributed by atoms with Crippen LogP contribution in [0.3, 0.4) is 0 Å². The normalized spacial score (nSPS) is 16.4. The third kappa shape index (κ3) is 3.64. The van der Waals surface area contributed by atoms with Gasteiger partial charge in [0.15, 0.2) is 0 Å². The van der Waals surface area contributed by atoms with Crippen LogP contribution in [0.15, 0.2) is 102 Å². The van der Waals surface area contributed by atoms with Crippen molar-refractivity contribution in [1.29, 1.82) is 0 Å². The zero-order chi connectivity index (χ0) is 21.9. The van der Waals surface area contributed by atoms with Crippen molar-refractivity contribution in [2.75, 3.05) is 4.90 Å². The standard InChI is InChI=1S/C24H16Cl2N6/c25-22-20(17-4-3-8-28-14-17)21(16-6-10-27-11-7-16)23(18-15-29-12-13-30-18)32(24(22)26)19-5-1-2-9-31-19/h1-15,23H. The Balaban J connectivity index is 1.87. The number of halogens is 2. The molecule has 1 atom stereocenters. The molecule has 5 rings (SSSR count). The Hall–Kier alpha value is -3.61. The predicted molar refractivity (Wildman–Crippen MR) is 126 cm³/mol. The fourth-order valence-corrected chi connectivity index (χ4v) is 4.37. The molecule has 6 nitrogen and oxygen atoms in total. The van der Waals surface area contributed by atoms with Crippen LogP contribution in [0.2, 0.25) is 0 Å². The van der Waals surface area contributed by atoms with Gasteiger partial charge in [-0.1, -0.05) is 35.3 Å². The maximum absolute atomic E-state index is 6.95. The highest BCUT2D eigenvalue weighted by molar-refractivity contribution is 6.47. The van der Waals surface area contributed by atoms with E-state index >= 15 is 0 Å². The quantitative estimate of drug-likeness (QED) is 0.377. The molecule has 5 heterocycles. The van der Waals surface area contributed by atoms with E-state index in [0.29, 0.717) is 21.7 Å². The van der Waals surface area contributed by atoms with Crippen molar-refractivity contribution >= 4 is 40.2 Å². The Labute approximate surface area is 195 Å². The fourth-order valence-electron chi connectivity index (χ4n) is 3.79. The van der Waals surface area contributed by atoms with Gasteiger partial charge in [0.25, 0.3) is 0 Å². The maximum atomic E-state index is 6.95. The second-order valence-corrected chi connectivity index (χ2v) is 7.70. The Morgan fingerprint density at radius 3 is 2.22 bits per heavy atom. The van der Waals surface area contributed by atoms with Gasteiger partial charge >= 0.3 is 0 Å². The number of aromatic nitrogens is 5. The van der Waals surface area contributed by atoms with Gasteiger partial charge in [-0.2, -0.15) is 0 Å². The molecule has 0 spiro atoms. The average molecular weight is 459 g/mol. The Bertz CT molecular complexity index is 1280. The lowest BCUT2D eigenvalue weighted by Gasteiger charge is -2.39. The zero-order valence-corrected chi connectivity index (χ0v) is 18.2. The van der Waals surface area contributed by atoms with Gasteiger partial charge in [0, 0.05) is 54.5 Å². The molecule has 156 valence electrons. The van der Waals surface area contributed by atoms with Gasteiger partial charge in [0.05, 0.1) is 16.9 Å². The third-order valence-electron chi connectivity index (χ3n) is 5.11. The summed E-state index contributed by atoms with van der Waals surface area (Å²) >= 11 is 13.9. The van der Waals surface area contributed by atoms with Gasteiger partial charge in [-0.15, -0.1) is 0 Å². The van der Waals surface area contributed by atoms with Crippen molar-refractivity contribution in [2.24, 2.45) is 0 Å². The first kappa shape index (κ1) is 20.3. The molecule has 0 aromatic carbocycles. The van der Waals surface area contributed by atoms with Crippen molar-refractivity contribution in [3.05, 3.63) is 119 Å². The van der Waals surface area contributed by atoms with E-state index in [-0.39, 0.29) is 0 Å². The van der Waals surface area contributed by atoms with E-state index in [2.05, 4.69) is 24.9 Å². The van der Waals surface area contributed by atoms with Gasteiger partial charge in [0.2, 0.25) is 0 Å². The van der Waals surface area contributed by atoms with Crippen LogP contribution in [0.25, 0.3) is 11.1 Å². The minimum Gasteiger partial charge on any atom is -0.302 e. The number of nitrogens with zero attached hydrogens (tertiary/aromatic N) is 6. The summed E-state index contributed by atoms with van der Waals surface area (Å²) in [5.41, 5.74) is 4.16. The molecular weight excluding hydrogens is 443 g/mol. The summed E-state index contributed by atoms with van der Waals surface area (Å²) in [4.78, 5) is 23.8. The summed E-state index contributed by atoms with van der Waals surface area (Å²) in [7, 11) is 0. The van der Waals surface area contributed by atoms with Crippen LogP contribution >= 0.6 is 23.2 Å². The SMILES string of the molecule is ClC1=C(Cl)N(c2ccccn2)C(c2cnccn2)C(c2ccncc2)=C1c1cccnc1. The third-order valence-corrected chi connectivity index (χ3v) is 5.95. The molecule has 1 aliphatic heterocycles. The lowest BCUT2D eigenvalue weighted by Crippen LogP contribution is -2.32. The highest BCUT2D eigenvalue weighted by Gasteiger charge is 2.38. The molecule has 0 saturated heterocycles. The predicted octanol–water partition coefficient (Wildman–Crippen LogP) is 5.48. The maximum Gasteiger partial charge on any atom is 0.134 e. The largest absolute Gasteiger partial charge is 0.302 e. The number of anilines is 1. The van der Waals surface area contributed by atoms with Gasteiger partial charge < -0.3 is 4.90 Å².